The number of allylic oxidation sites excluding steroid dienone is 1. The van der Waals surface area contributed by atoms with Crippen molar-refractivity contribution >= 4 is 58.6 Å². The van der Waals surface area contributed by atoms with Gasteiger partial charge in [0.1, 0.15) is 17.1 Å². The van der Waals surface area contributed by atoms with Crippen LogP contribution < -0.4 is 5.32 Å². The van der Waals surface area contributed by atoms with Crippen LogP contribution in [0.1, 0.15) is 0 Å². The Bertz CT molecular complexity index is 840. The summed E-state index contributed by atoms with van der Waals surface area (Å²) in [4.78, 5) is 64.9. The first-order valence-corrected chi connectivity index (χ1v) is 9.55. The molecule has 13 heteroatoms. The van der Waals surface area contributed by atoms with E-state index in [-0.39, 0.29) is 11.4 Å². The molecule has 2 atom stereocenters. The highest BCUT2D eigenvalue weighted by atomic mass is 35.5. The van der Waals surface area contributed by atoms with E-state index in [0.717, 1.165) is 12.0 Å². The number of amides is 2. The number of carbonyl (C=O) groups is 5. The molecule has 0 aromatic rings. The lowest BCUT2D eigenvalue weighted by atomic mass is 10.0. The summed E-state index contributed by atoms with van der Waals surface area (Å²) in [6.07, 6.45) is 1.36. The van der Waals surface area contributed by atoms with Crippen LogP contribution in [0.4, 0.5) is 0 Å². The lowest BCUT2D eigenvalue weighted by molar-refractivity contribution is -0.150. The molecular weight excluding hydrogens is 430 g/mol. The Kier molecular flexibility index (Phi) is 7.40. The molecule has 0 bridgehead atoms. The molecule has 2 aliphatic rings. The SMILES string of the molecule is C=CC1=C(C(=O)O)N2C(=O)[C@@H](NC(=O)C(=NOCC(=O)OC)C(=O)CCl)[C@@H]2SC1. The van der Waals surface area contributed by atoms with E-state index in [9.17, 15) is 29.1 Å². The maximum Gasteiger partial charge on any atom is 0.352 e. The third-order valence-electron chi connectivity index (χ3n) is 3.90. The maximum atomic E-state index is 12.4. The quantitative estimate of drug-likeness (QED) is 0.117. The Morgan fingerprint density at radius 1 is 1.45 bits per heavy atom. The standard InChI is InChI=1S/C16H16ClN3O8S/c1-3-7-6-29-15-11(14(24)20(15)12(7)16(25)26)18-13(23)10(8(21)4-17)19-28-5-9(22)27-2/h3,11,15H,1,4-6H2,2H3,(H,18,23)(H,25,26)/t11-,15+/m1/s1. The van der Waals surface area contributed by atoms with Crippen LogP contribution in [0.5, 0.6) is 0 Å². The summed E-state index contributed by atoms with van der Waals surface area (Å²) >= 11 is 6.68. The van der Waals surface area contributed by atoms with Gasteiger partial charge in [-0.25, -0.2) is 9.59 Å². The number of hydrogen-bond donors (Lipinski definition) is 2. The lowest BCUT2D eigenvalue weighted by Crippen LogP contribution is -2.71. The fourth-order valence-corrected chi connectivity index (χ4v) is 3.97. The smallest absolute Gasteiger partial charge is 0.352 e. The molecule has 0 radical (unpaired) electrons. The van der Waals surface area contributed by atoms with Crippen molar-refractivity contribution in [2.75, 3.05) is 25.3 Å². The Morgan fingerprint density at radius 2 is 2.14 bits per heavy atom. The normalized spacial score (nSPS) is 21.0. The number of ether oxygens (including phenoxy) is 1. The van der Waals surface area contributed by atoms with Crippen molar-refractivity contribution in [3.63, 3.8) is 0 Å². The number of esters is 1. The predicted octanol–water partition coefficient (Wildman–Crippen LogP) is -0.735. The van der Waals surface area contributed by atoms with Crippen LogP contribution in [0.3, 0.4) is 0 Å². The van der Waals surface area contributed by atoms with E-state index in [1.165, 1.54) is 17.8 Å². The molecule has 0 aromatic carbocycles. The zero-order valence-corrected chi connectivity index (χ0v) is 16.6. The average molecular weight is 446 g/mol. The minimum atomic E-state index is -1.29. The number of alkyl halides is 1. The van der Waals surface area contributed by atoms with Crippen LogP contribution in [-0.2, 0) is 33.5 Å². The number of fused-ring (bicyclic) bond motifs is 1. The van der Waals surface area contributed by atoms with Gasteiger partial charge in [-0.2, -0.15) is 0 Å². The van der Waals surface area contributed by atoms with Crippen molar-refractivity contribution < 1.29 is 38.7 Å². The zero-order valence-electron chi connectivity index (χ0n) is 15.0. The Balaban J connectivity index is 2.14. The van der Waals surface area contributed by atoms with Gasteiger partial charge in [0.05, 0.1) is 13.0 Å². The number of carboxylic acids is 1. The first-order chi connectivity index (χ1) is 13.8. The average Bonchev–Trinajstić information content (AvgIpc) is 2.72. The van der Waals surface area contributed by atoms with Gasteiger partial charge in [-0.1, -0.05) is 17.8 Å². The van der Waals surface area contributed by atoms with E-state index in [4.69, 9.17) is 11.6 Å². The molecule has 156 valence electrons. The highest BCUT2D eigenvalue weighted by molar-refractivity contribution is 8.00. The lowest BCUT2D eigenvalue weighted by Gasteiger charge is -2.49. The first kappa shape index (κ1) is 22.4. The molecule has 0 aromatic heterocycles. The van der Waals surface area contributed by atoms with Gasteiger partial charge >= 0.3 is 11.9 Å². The topological polar surface area (TPSA) is 152 Å². The Morgan fingerprint density at radius 3 is 2.69 bits per heavy atom. The van der Waals surface area contributed by atoms with Crippen LogP contribution in [0.15, 0.2) is 29.1 Å². The molecule has 2 N–H and O–H groups in total. The fraction of sp³-hybridized carbons (Fsp3) is 0.375. The highest BCUT2D eigenvalue weighted by Crippen LogP contribution is 2.40. The number of β-lactam (4-membered cyclic amide) rings is 1. The molecule has 2 heterocycles. The molecular formula is C16H16ClN3O8S. The van der Waals surface area contributed by atoms with Crippen LogP contribution in [0, 0.1) is 0 Å². The number of rotatable bonds is 9. The van der Waals surface area contributed by atoms with Crippen LogP contribution in [0.25, 0.3) is 0 Å². The van der Waals surface area contributed by atoms with Crippen LogP contribution in [-0.4, -0.2) is 82.0 Å². The summed E-state index contributed by atoms with van der Waals surface area (Å²) in [6, 6.07) is -1.08. The van der Waals surface area contributed by atoms with Gasteiger partial charge in [-0.3, -0.25) is 19.3 Å². The van der Waals surface area contributed by atoms with Crippen LogP contribution >= 0.6 is 23.4 Å². The summed E-state index contributed by atoms with van der Waals surface area (Å²) in [5, 5.41) is 14.3. The van der Waals surface area contributed by atoms with E-state index in [1.807, 2.05) is 0 Å². The maximum absolute atomic E-state index is 12.4. The largest absolute Gasteiger partial charge is 0.477 e. The summed E-state index contributed by atoms with van der Waals surface area (Å²) in [5.74, 6) is -5.01. The second kappa shape index (κ2) is 9.56. The van der Waals surface area contributed by atoms with Crippen LogP contribution in [0.2, 0.25) is 0 Å². The molecule has 11 nitrogen and oxygen atoms in total. The van der Waals surface area contributed by atoms with Gasteiger partial charge in [0.25, 0.3) is 11.8 Å². The number of carboxylic acid groups (broad SMARTS) is 1. The number of oxime groups is 1. The highest BCUT2D eigenvalue weighted by Gasteiger charge is 2.54. The molecule has 0 aliphatic carbocycles. The Hall–Kier alpha value is -2.86. The van der Waals surface area contributed by atoms with E-state index >= 15 is 0 Å². The molecule has 1 fully saturated rings. The predicted molar refractivity (Wildman–Crippen MR) is 101 cm³/mol. The van der Waals surface area contributed by atoms with Crippen molar-refractivity contribution in [2.24, 2.45) is 5.16 Å². The van der Waals surface area contributed by atoms with Gasteiger partial charge in [-0.15, -0.1) is 23.4 Å². The minimum absolute atomic E-state index is 0.202. The van der Waals surface area contributed by atoms with Gasteiger partial charge in [0.15, 0.2) is 0 Å². The third kappa shape index (κ3) is 4.59. The molecule has 2 aliphatic heterocycles. The van der Waals surface area contributed by atoms with E-state index in [2.05, 4.69) is 26.6 Å². The number of halogens is 1. The summed E-state index contributed by atoms with van der Waals surface area (Å²) < 4.78 is 4.33. The van der Waals surface area contributed by atoms with Crippen molar-refractivity contribution in [1.29, 1.82) is 0 Å². The summed E-state index contributed by atoms with van der Waals surface area (Å²) in [5.41, 5.74) is -0.559. The number of carbonyl (C=O) groups excluding carboxylic acids is 4. The summed E-state index contributed by atoms with van der Waals surface area (Å²) in [6.45, 7) is 2.89. The second-order valence-corrected chi connectivity index (χ2v) is 6.96. The number of methoxy groups -OCH3 is 1. The van der Waals surface area contributed by atoms with E-state index in [0.29, 0.717) is 5.57 Å². The molecule has 1 saturated heterocycles. The monoisotopic (exact) mass is 445 g/mol. The number of nitrogens with zero attached hydrogens (tertiary/aromatic N) is 2. The number of aliphatic carboxylic acids is 1. The second-order valence-electron chi connectivity index (χ2n) is 5.59. The van der Waals surface area contributed by atoms with Gasteiger partial charge in [0, 0.05) is 5.75 Å². The van der Waals surface area contributed by atoms with Crippen molar-refractivity contribution in [1.82, 2.24) is 10.2 Å². The molecule has 2 rings (SSSR count). The van der Waals surface area contributed by atoms with Crippen molar-refractivity contribution in [3.8, 4) is 0 Å². The van der Waals surface area contributed by atoms with Crippen molar-refractivity contribution in [2.45, 2.75) is 11.4 Å². The van der Waals surface area contributed by atoms with Crippen molar-refractivity contribution in [3.05, 3.63) is 23.9 Å². The molecule has 29 heavy (non-hydrogen) atoms. The van der Waals surface area contributed by atoms with E-state index in [1.54, 1.807) is 0 Å². The minimum Gasteiger partial charge on any atom is -0.477 e. The number of Topliss-reactive ketones (excluding diaryl/α,β-unsaturated/α-hetero) is 1. The fourth-order valence-electron chi connectivity index (χ4n) is 2.50. The molecule has 0 saturated carbocycles. The number of nitrogens with one attached hydrogen (secondary N) is 1. The van der Waals surface area contributed by atoms with Gasteiger partial charge in [-0.05, 0) is 5.57 Å². The molecule has 0 spiro atoms. The number of hydrogen-bond acceptors (Lipinski definition) is 9. The third-order valence-corrected chi connectivity index (χ3v) is 5.44. The number of ketones is 1. The van der Waals surface area contributed by atoms with Gasteiger partial charge < -0.3 is 20.0 Å². The number of thioether (sulfide) groups is 1. The van der Waals surface area contributed by atoms with Gasteiger partial charge in [0.2, 0.25) is 18.1 Å². The zero-order chi connectivity index (χ0) is 21.7. The Labute approximate surface area is 173 Å². The first-order valence-electron chi connectivity index (χ1n) is 7.97. The van der Waals surface area contributed by atoms with E-state index < -0.39 is 59.2 Å². The summed E-state index contributed by atoms with van der Waals surface area (Å²) in [7, 11) is 1.11. The molecule has 0 unspecified atom stereocenters. The molecule has 2 amide bonds.